The van der Waals surface area contributed by atoms with Crippen molar-refractivity contribution in [2.45, 2.75) is 5.59 Å². The normalized spacial score (nSPS) is 16.4. The number of nitro benzene ring substituents is 1. The summed E-state index contributed by atoms with van der Waals surface area (Å²) in [6.45, 7) is 0. The average molecular weight is 312 g/mol. The Hall–Kier alpha value is -1.28. The summed E-state index contributed by atoms with van der Waals surface area (Å²) in [4.78, 5) is 46.7. The molecule has 1 aromatic rings. The van der Waals surface area contributed by atoms with Crippen molar-refractivity contribution in [3.63, 3.8) is 0 Å². The summed E-state index contributed by atoms with van der Waals surface area (Å²) in [7, 11) is -10.7. The van der Waals surface area contributed by atoms with Gasteiger partial charge in [-0.1, -0.05) is 0 Å². The minimum absolute atomic E-state index is 0.325. The Kier molecular flexibility index (Phi) is 4.46. The van der Waals surface area contributed by atoms with Crippen LogP contribution in [-0.2, 0) is 9.13 Å². The number of nitro groups is 1. The molecule has 0 bridgehead atoms. The fourth-order valence-corrected chi connectivity index (χ4v) is 3.13. The van der Waals surface area contributed by atoms with E-state index in [0.717, 1.165) is 24.3 Å². The molecule has 0 fully saturated rings. The van der Waals surface area contributed by atoms with Gasteiger partial charge in [-0.3, -0.25) is 14.7 Å². The van der Waals surface area contributed by atoms with Gasteiger partial charge in [-0.25, -0.2) is 0 Å². The van der Waals surface area contributed by atoms with Crippen LogP contribution in [-0.4, -0.2) is 25.2 Å². The molecule has 12 heteroatoms. The molecule has 0 spiro atoms. The topological polar surface area (TPSA) is 170 Å². The zero-order chi connectivity index (χ0) is 14.8. The standard InChI is InChI=1S/C7H9NO9P2/c9-8(10)5-1-3-6(4-2-5)17-7(18(11,12)13)19(14,15)16/h1-4,7H,(H2,11,12,13)(H2,14,15,16)/p-1. The van der Waals surface area contributed by atoms with Gasteiger partial charge in [-0.05, 0) is 12.1 Å². The van der Waals surface area contributed by atoms with E-state index in [0.29, 0.717) is 0 Å². The molecule has 2 atom stereocenters. The Bertz CT molecular complexity index is 536. The first-order valence-corrected chi connectivity index (χ1v) is 7.84. The summed E-state index contributed by atoms with van der Waals surface area (Å²) in [6, 6.07) is 3.77. The van der Waals surface area contributed by atoms with Crippen molar-refractivity contribution in [1.29, 1.82) is 0 Å². The van der Waals surface area contributed by atoms with E-state index in [4.69, 9.17) is 14.7 Å². The van der Waals surface area contributed by atoms with Gasteiger partial charge in [0.1, 0.15) is 5.75 Å². The van der Waals surface area contributed by atoms with Crippen LogP contribution in [0.15, 0.2) is 24.3 Å². The first-order valence-electron chi connectivity index (χ1n) is 4.51. The van der Waals surface area contributed by atoms with Crippen LogP contribution < -0.4 is 9.63 Å². The molecular weight excluding hydrogens is 304 g/mol. The predicted molar refractivity (Wildman–Crippen MR) is 59.4 cm³/mol. The Morgan fingerprint density at radius 1 is 1.16 bits per heavy atom. The molecule has 1 rings (SSSR count). The molecule has 10 nitrogen and oxygen atoms in total. The Balaban J connectivity index is 3.02. The predicted octanol–water partition coefficient (Wildman–Crippen LogP) is -0.0194. The Labute approximate surface area is 106 Å². The van der Waals surface area contributed by atoms with Crippen molar-refractivity contribution < 1.29 is 38.4 Å². The van der Waals surface area contributed by atoms with Gasteiger partial charge < -0.3 is 28.9 Å². The second-order valence-corrected chi connectivity index (χ2v) is 7.00. The highest BCUT2D eigenvalue weighted by Crippen LogP contribution is 2.57. The summed E-state index contributed by atoms with van der Waals surface area (Å²) < 4.78 is 26.2. The molecule has 0 aliphatic rings. The van der Waals surface area contributed by atoms with Crippen LogP contribution in [0.4, 0.5) is 5.69 Å². The van der Waals surface area contributed by atoms with Gasteiger partial charge in [0.25, 0.3) is 11.3 Å². The maximum absolute atomic E-state index is 10.9. The molecule has 3 N–H and O–H groups in total. The molecule has 0 aliphatic carbocycles. The number of ether oxygens (including phenoxy) is 1. The van der Waals surface area contributed by atoms with Gasteiger partial charge in [-0.15, -0.1) is 0 Å². The average Bonchev–Trinajstić information content (AvgIpc) is 2.23. The van der Waals surface area contributed by atoms with Gasteiger partial charge >= 0.3 is 7.60 Å². The van der Waals surface area contributed by atoms with Crippen molar-refractivity contribution in [3.8, 4) is 5.75 Å². The number of benzene rings is 1. The maximum Gasteiger partial charge on any atom is 0.374 e. The second-order valence-electron chi connectivity index (χ2n) is 3.35. The largest absolute Gasteiger partial charge is 0.776 e. The lowest BCUT2D eigenvalue weighted by molar-refractivity contribution is -0.384. The summed E-state index contributed by atoms with van der Waals surface area (Å²) in [5, 5.41) is 10.4. The van der Waals surface area contributed by atoms with Crippen LogP contribution in [0.5, 0.6) is 5.75 Å². The molecule has 0 saturated heterocycles. The lowest BCUT2D eigenvalue weighted by Crippen LogP contribution is -2.23. The Morgan fingerprint density at radius 3 is 1.95 bits per heavy atom. The lowest BCUT2D eigenvalue weighted by Gasteiger charge is -2.27. The zero-order valence-corrected chi connectivity index (χ0v) is 10.8. The highest BCUT2D eigenvalue weighted by atomic mass is 31.2. The number of nitrogens with zero attached hydrogens (tertiary/aromatic N) is 1. The SMILES string of the molecule is O=[N+]([O-])c1ccc(OC(P(=O)([O-])O)P(=O)(O)O)cc1. The molecule has 0 amide bonds. The minimum atomic E-state index is -5.46. The van der Waals surface area contributed by atoms with Crippen molar-refractivity contribution in [2.75, 3.05) is 0 Å². The van der Waals surface area contributed by atoms with Gasteiger partial charge in [0.05, 0.1) is 4.92 Å². The fourth-order valence-electron chi connectivity index (χ4n) is 1.09. The molecule has 19 heavy (non-hydrogen) atoms. The molecule has 0 radical (unpaired) electrons. The third kappa shape index (κ3) is 4.39. The molecule has 2 unspecified atom stereocenters. The zero-order valence-electron chi connectivity index (χ0n) is 9.02. The van der Waals surface area contributed by atoms with Crippen LogP contribution >= 0.6 is 15.2 Å². The van der Waals surface area contributed by atoms with E-state index >= 15 is 0 Å². The van der Waals surface area contributed by atoms with Gasteiger partial charge in [0.15, 0.2) is 7.60 Å². The van der Waals surface area contributed by atoms with Crippen LogP contribution in [0.1, 0.15) is 0 Å². The number of rotatable bonds is 5. The van der Waals surface area contributed by atoms with Crippen molar-refractivity contribution in [1.82, 2.24) is 0 Å². The summed E-state index contributed by atoms with van der Waals surface area (Å²) in [5.74, 6) is -0.357. The molecule has 0 aliphatic heterocycles. The monoisotopic (exact) mass is 312 g/mol. The van der Waals surface area contributed by atoms with E-state index in [1.807, 2.05) is 0 Å². The van der Waals surface area contributed by atoms with E-state index in [-0.39, 0.29) is 11.4 Å². The first-order chi connectivity index (χ1) is 8.51. The molecule has 1 aromatic carbocycles. The quantitative estimate of drug-likeness (QED) is 0.384. The van der Waals surface area contributed by atoms with Gasteiger partial charge in [-0.2, -0.15) is 0 Å². The minimum Gasteiger partial charge on any atom is -0.776 e. The highest BCUT2D eigenvalue weighted by Gasteiger charge is 2.39. The number of hydrogen-bond acceptors (Lipinski definition) is 6. The van der Waals surface area contributed by atoms with Crippen LogP contribution in [0.3, 0.4) is 0 Å². The van der Waals surface area contributed by atoms with E-state index in [1.165, 1.54) is 0 Å². The summed E-state index contributed by atoms with van der Waals surface area (Å²) in [6.07, 6.45) is 0. The van der Waals surface area contributed by atoms with Crippen molar-refractivity contribution in [2.24, 2.45) is 0 Å². The summed E-state index contributed by atoms with van der Waals surface area (Å²) >= 11 is 0. The lowest BCUT2D eigenvalue weighted by atomic mass is 10.3. The van der Waals surface area contributed by atoms with Crippen molar-refractivity contribution >= 4 is 20.9 Å². The highest BCUT2D eigenvalue weighted by molar-refractivity contribution is 7.69. The van der Waals surface area contributed by atoms with Crippen molar-refractivity contribution in [3.05, 3.63) is 34.4 Å². The van der Waals surface area contributed by atoms with E-state index in [9.17, 15) is 24.1 Å². The maximum atomic E-state index is 10.9. The molecular formula is C7H8NO9P2-. The molecule has 106 valence electrons. The smallest absolute Gasteiger partial charge is 0.374 e. The third-order valence-corrected chi connectivity index (χ3v) is 4.98. The Morgan fingerprint density at radius 2 is 1.63 bits per heavy atom. The molecule has 0 aromatic heterocycles. The number of non-ortho nitro benzene ring substituents is 1. The van der Waals surface area contributed by atoms with Crippen LogP contribution in [0.2, 0.25) is 0 Å². The van der Waals surface area contributed by atoms with E-state index in [1.54, 1.807) is 0 Å². The summed E-state index contributed by atoms with van der Waals surface area (Å²) in [5.41, 5.74) is -3.09. The number of hydrogen-bond donors (Lipinski definition) is 3. The molecule has 0 heterocycles. The van der Waals surface area contributed by atoms with Crippen LogP contribution in [0.25, 0.3) is 0 Å². The van der Waals surface area contributed by atoms with E-state index in [2.05, 4.69) is 4.74 Å². The first kappa shape index (κ1) is 15.8. The van der Waals surface area contributed by atoms with Crippen LogP contribution in [0, 0.1) is 10.1 Å². The van der Waals surface area contributed by atoms with E-state index < -0.39 is 25.7 Å². The second kappa shape index (κ2) is 5.38. The molecule has 0 saturated carbocycles. The van der Waals surface area contributed by atoms with Gasteiger partial charge in [0, 0.05) is 12.1 Å². The van der Waals surface area contributed by atoms with Gasteiger partial charge in [0.2, 0.25) is 0 Å². The fraction of sp³-hybridized carbons (Fsp3) is 0.143. The third-order valence-electron chi connectivity index (χ3n) is 1.86.